The fourth-order valence-corrected chi connectivity index (χ4v) is 2.02. The van der Waals surface area contributed by atoms with Crippen LogP contribution < -0.4 is 15.8 Å². The van der Waals surface area contributed by atoms with Gasteiger partial charge in [0, 0.05) is 0 Å². The molecule has 0 heterocycles. The lowest BCUT2D eigenvalue weighted by molar-refractivity contribution is 0.305. The maximum atomic E-state index is 5.85. The fourth-order valence-electron chi connectivity index (χ4n) is 1.27. The minimum absolute atomic E-state index is 0.0643. The molecular weight excluding hydrogens is 193 g/mol. The molecule has 0 aromatic heterocycles. The summed E-state index contributed by atoms with van der Waals surface area (Å²) in [6.45, 7) is 4.48. The van der Waals surface area contributed by atoms with Crippen molar-refractivity contribution in [1.82, 2.24) is 0 Å². The third-order valence-electron chi connectivity index (χ3n) is 2.33. The molecule has 2 nitrogen and oxygen atoms in total. The number of hydrogen-bond donors (Lipinski definition) is 1. The highest BCUT2D eigenvalue weighted by molar-refractivity contribution is 7.64. The molecule has 0 radical (unpaired) electrons. The number of benzene rings is 1. The molecule has 0 unspecified atom stereocenters. The van der Waals surface area contributed by atoms with Crippen LogP contribution in [0.3, 0.4) is 0 Å². The van der Waals surface area contributed by atoms with E-state index in [1.165, 1.54) is 18.1 Å². The van der Waals surface area contributed by atoms with E-state index in [1.807, 2.05) is 6.07 Å². The van der Waals surface area contributed by atoms with E-state index < -0.39 is 0 Å². The van der Waals surface area contributed by atoms with Crippen LogP contribution in [-0.2, 0) is 0 Å². The zero-order valence-electron chi connectivity index (χ0n) is 8.66. The third-order valence-corrected chi connectivity index (χ3v) is 3.64. The second-order valence-electron chi connectivity index (χ2n) is 3.93. The van der Waals surface area contributed by atoms with Crippen LogP contribution in [0.2, 0.25) is 0 Å². The van der Waals surface area contributed by atoms with Gasteiger partial charge < -0.3 is 10.5 Å². The van der Waals surface area contributed by atoms with Gasteiger partial charge in [-0.3, -0.25) is 0 Å². The lowest BCUT2D eigenvalue weighted by Crippen LogP contribution is -2.05. The van der Waals surface area contributed by atoms with Gasteiger partial charge in [0.25, 0.3) is 0 Å². The first-order valence-corrected chi connectivity index (χ1v) is 7.14. The van der Waals surface area contributed by atoms with Crippen molar-refractivity contribution in [2.24, 2.45) is 0 Å². The van der Waals surface area contributed by atoms with Gasteiger partial charge in [-0.2, -0.15) is 0 Å². The van der Waals surface area contributed by atoms with Gasteiger partial charge in [-0.1, -0.05) is 14.0 Å². The molecule has 0 spiro atoms. The summed E-state index contributed by atoms with van der Waals surface area (Å²) in [5.74, 6) is 0.876. The van der Waals surface area contributed by atoms with Crippen molar-refractivity contribution in [3.63, 3.8) is 0 Å². The van der Waals surface area contributed by atoms with Gasteiger partial charge in [0.2, 0.25) is 0 Å². The summed E-state index contributed by atoms with van der Waals surface area (Å²) in [5, 5.41) is 1.35. The zero-order valence-corrected chi connectivity index (χ0v) is 9.55. The normalized spacial score (nSPS) is 15.9. The highest BCUT2D eigenvalue weighted by Gasteiger charge is 2.24. The number of rotatable bonds is 3. The van der Waals surface area contributed by atoms with E-state index in [0.29, 0.717) is 6.10 Å². The maximum Gasteiger partial charge on any atom is 0.143 e. The molecule has 0 atom stereocenters. The van der Waals surface area contributed by atoms with Crippen LogP contribution in [0.1, 0.15) is 12.8 Å². The van der Waals surface area contributed by atoms with Crippen molar-refractivity contribution in [3.8, 4) is 5.75 Å². The molecule has 1 aromatic carbocycles. The average Bonchev–Trinajstić information content (AvgIpc) is 2.92. The second-order valence-corrected chi connectivity index (χ2v) is 6.24. The SMILES string of the molecule is CP(C)c1ccc(N)c(OC2CC2)c1. The number of ether oxygens (including phenoxy) is 1. The van der Waals surface area contributed by atoms with Gasteiger partial charge in [0.05, 0.1) is 11.8 Å². The first-order valence-electron chi connectivity index (χ1n) is 4.90. The molecular formula is C11H16NOP. The first kappa shape index (κ1) is 9.79. The van der Waals surface area contributed by atoms with E-state index in [4.69, 9.17) is 10.5 Å². The van der Waals surface area contributed by atoms with Gasteiger partial charge >= 0.3 is 0 Å². The van der Waals surface area contributed by atoms with Crippen molar-refractivity contribution < 1.29 is 4.74 Å². The van der Waals surface area contributed by atoms with Gasteiger partial charge in [-0.25, -0.2) is 0 Å². The van der Waals surface area contributed by atoms with Crippen molar-refractivity contribution in [3.05, 3.63) is 18.2 Å². The predicted molar refractivity (Wildman–Crippen MR) is 62.9 cm³/mol. The predicted octanol–water partition coefficient (Wildman–Crippen LogP) is 2.18. The molecule has 2 rings (SSSR count). The van der Waals surface area contributed by atoms with Crippen molar-refractivity contribution in [2.45, 2.75) is 18.9 Å². The van der Waals surface area contributed by atoms with E-state index in [9.17, 15) is 0 Å². The summed E-state index contributed by atoms with van der Waals surface area (Å²) < 4.78 is 5.73. The monoisotopic (exact) mass is 209 g/mol. The fraction of sp³-hybridized carbons (Fsp3) is 0.455. The number of nitrogens with two attached hydrogens (primary N) is 1. The van der Waals surface area contributed by atoms with Crippen molar-refractivity contribution in [2.75, 3.05) is 19.1 Å². The van der Waals surface area contributed by atoms with Crippen LogP contribution in [0, 0.1) is 0 Å². The Morgan fingerprint density at radius 2 is 2.07 bits per heavy atom. The number of anilines is 1. The zero-order chi connectivity index (χ0) is 10.1. The van der Waals surface area contributed by atoms with Crippen LogP contribution in [0.5, 0.6) is 5.75 Å². The molecule has 1 fully saturated rings. The van der Waals surface area contributed by atoms with E-state index in [1.54, 1.807) is 0 Å². The Morgan fingerprint density at radius 1 is 1.36 bits per heavy atom. The topological polar surface area (TPSA) is 35.2 Å². The standard InChI is InChI=1S/C11H16NOP/c1-14(2)9-5-6-10(12)11(7-9)13-8-3-4-8/h5-8H,3-4,12H2,1-2H3. The Labute approximate surface area is 86.2 Å². The second kappa shape index (κ2) is 3.78. The van der Waals surface area contributed by atoms with Gasteiger partial charge in [-0.15, -0.1) is 0 Å². The quantitative estimate of drug-likeness (QED) is 0.611. The molecule has 0 aliphatic heterocycles. The van der Waals surface area contributed by atoms with E-state index in [2.05, 4.69) is 25.5 Å². The summed E-state index contributed by atoms with van der Waals surface area (Å²) in [7, 11) is -0.0643. The Kier molecular flexibility index (Phi) is 2.64. The molecule has 0 bridgehead atoms. The lowest BCUT2D eigenvalue weighted by atomic mass is 10.3. The molecule has 0 saturated heterocycles. The molecule has 1 aliphatic carbocycles. The molecule has 3 heteroatoms. The van der Waals surface area contributed by atoms with Crippen LogP contribution in [0.25, 0.3) is 0 Å². The summed E-state index contributed by atoms with van der Waals surface area (Å²) in [5.41, 5.74) is 6.61. The molecule has 76 valence electrons. The van der Waals surface area contributed by atoms with Crippen molar-refractivity contribution >= 4 is 18.9 Å². The minimum atomic E-state index is -0.0643. The Bertz CT molecular complexity index is 334. The summed E-state index contributed by atoms with van der Waals surface area (Å²) in [6, 6.07) is 6.15. The van der Waals surface area contributed by atoms with E-state index >= 15 is 0 Å². The van der Waals surface area contributed by atoms with Gasteiger partial charge in [0.15, 0.2) is 0 Å². The molecule has 1 aliphatic rings. The number of hydrogen-bond acceptors (Lipinski definition) is 2. The van der Waals surface area contributed by atoms with E-state index in [0.717, 1.165) is 11.4 Å². The molecule has 2 N–H and O–H groups in total. The van der Waals surface area contributed by atoms with E-state index in [-0.39, 0.29) is 7.92 Å². The largest absolute Gasteiger partial charge is 0.488 e. The van der Waals surface area contributed by atoms with Crippen LogP contribution in [0.4, 0.5) is 5.69 Å². The van der Waals surface area contributed by atoms with Gasteiger partial charge in [-0.05, 0) is 43.6 Å². The van der Waals surface area contributed by atoms with Crippen LogP contribution >= 0.6 is 7.92 Å². The molecule has 1 aromatic rings. The maximum absolute atomic E-state index is 5.85. The van der Waals surface area contributed by atoms with Crippen molar-refractivity contribution in [1.29, 1.82) is 0 Å². The Morgan fingerprint density at radius 3 is 2.64 bits per heavy atom. The molecule has 14 heavy (non-hydrogen) atoms. The highest BCUT2D eigenvalue weighted by atomic mass is 31.1. The molecule has 1 saturated carbocycles. The summed E-state index contributed by atoms with van der Waals surface area (Å²) in [4.78, 5) is 0. The Balaban J connectivity index is 2.21. The van der Waals surface area contributed by atoms with Crippen LogP contribution in [0.15, 0.2) is 18.2 Å². The Hall–Kier alpha value is -0.750. The number of nitrogen functional groups attached to an aromatic ring is 1. The average molecular weight is 209 g/mol. The van der Waals surface area contributed by atoms with Gasteiger partial charge in [0.1, 0.15) is 5.75 Å². The summed E-state index contributed by atoms with van der Waals surface area (Å²) in [6.07, 6.45) is 2.78. The van der Waals surface area contributed by atoms with Crippen LogP contribution in [-0.4, -0.2) is 19.4 Å². The molecule has 0 amide bonds. The summed E-state index contributed by atoms with van der Waals surface area (Å²) >= 11 is 0. The minimum Gasteiger partial charge on any atom is -0.488 e. The first-order chi connectivity index (χ1) is 6.66. The lowest BCUT2D eigenvalue weighted by Gasteiger charge is -2.11. The smallest absolute Gasteiger partial charge is 0.143 e. The highest BCUT2D eigenvalue weighted by Crippen LogP contribution is 2.33. The third kappa shape index (κ3) is 2.19.